The Kier molecular flexibility index (Phi) is 6.10. The third kappa shape index (κ3) is 4.77. The topological polar surface area (TPSA) is 70.2 Å². The van der Waals surface area contributed by atoms with Crippen molar-refractivity contribution in [3.8, 4) is 5.75 Å². The van der Waals surface area contributed by atoms with E-state index in [4.69, 9.17) is 4.74 Å². The van der Waals surface area contributed by atoms with E-state index >= 15 is 0 Å². The number of amides is 1. The van der Waals surface area contributed by atoms with Crippen LogP contribution in [0.15, 0.2) is 48.5 Å². The van der Waals surface area contributed by atoms with Gasteiger partial charge in [0, 0.05) is 32.0 Å². The molecule has 1 atom stereocenters. The Balaban J connectivity index is 1.26. The number of H-pyrrole nitrogens is 1. The Hall–Kier alpha value is -2.86. The number of nitrogens with one attached hydrogen (secondary N) is 2. The Morgan fingerprint density at radius 3 is 3.00 bits per heavy atom. The molecule has 4 rings (SSSR count). The molecule has 1 saturated heterocycles. The van der Waals surface area contributed by atoms with Crippen LogP contribution in [0.1, 0.15) is 30.7 Å². The van der Waals surface area contributed by atoms with Gasteiger partial charge in [0.1, 0.15) is 11.6 Å². The van der Waals surface area contributed by atoms with Crippen molar-refractivity contribution in [2.45, 2.75) is 38.3 Å². The van der Waals surface area contributed by atoms with Crippen LogP contribution in [-0.2, 0) is 17.8 Å². The maximum absolute atomic E-state index is 12.4. The van der Waals surface area contributed by atoms with E-state index in [-0.39, 0.29) is 5.91 Å². The average molecular weight is 393 g/mol. The lowest BCUT2D eigenvalue weighted by Gasteiger charge is -2.24. The number of methoxy groups -OCH3 is 1. The van der Waals surface area contributed by atoms with Crippen molar-refractivity contribution in [3.63, 3.8) is 0 Å². The lowest BCUT2D eigenvalue weighted by Crippen LogP contribution is -2.36. The van der Waals surface area contributed by atoms with Gasteiger partial charge in [-0.15, -0.1) is 0 Å². The summed E-state index contributed by atoms with van der Waals surface area (Å²) >= 11 is 0. The predicted octanol–water partition coefficient (Wildman–Crippen LogP) is 3.28. The highest BCUT2D eigenvalue weighted by Gasteiger charge is 2.30. The van der Waals surface area contributed by atoms with Crippen LogP contribution in [-0.4, -0.2) is 47.0 Å². The number of ether oxygens (including phenoxy) is 1. The Bertz CT molecular complexity index is 935. The number of carbonyl (C=O) groups is 1. The summed E-state index contributed by atoms with van der Waals surface area (Å²) < 4.78 is 5.27. The minimum absolute atomic E-state index is 0.263. The van der Waals surface area contributed by atoms with Gasteiger partial charge < -0.3 is 19.9 Å². The van der Waals surface area contributed by atoms with Gasteiger partial charge in [0.2, 0.25) is 5.91 Å². The molecule has 3 aromatic rings. The first-order chi connectivity index (χ1) is 14.2. The van der Waals surface area contributed by atoms with Crippen LogP contribution in [0.5, 0.6) is 5.75 Å². The summed E-state index contributed by atoms with van der Waals surface area (Å²) in [5, 5.41) is 3.49. The average Bonchev–Trinajstić information content (AvgIpc) is 3.32. The molecule has 1 aliphatic rings. The van der Waals surface area contributed by atoms with E-state index in [1.54, 1.807) is 7.11 Å². The van der Waals surface area contributed by atoms with Crippen LogP contribution >= 0.6 is 0 Å². The van der Waals surface area contributed by atoms with Crippen LogP contribution < -0.4 is 10.1 Å². The fourth-order valence-electron chi connectivity index (χ4n) is 4.03. The first kappa shape index (κ1) is 19.5. The minimum atomic E-state index is 0.263. The highest BCUT2D eigenvalue weighted by molar-refractivity contribution is 5.79. The van der Waals surface area contributed by atoms with E-state index in [1.807, 2.05) is 47.4 Å². The molecule has 1 aromatic heterocycles. The number of hydrogen-bond acceptors (Lipinski definition) is 4. The zero-order valence-corrected chi connectivity index (χ0v) is 16.9. The zero-order chi connectivity index (χ0) is 20.1. The number of likely N-dealkylation sites (tertiary alicyclic amines) is 1. The van der Waals surface area contributed by atoms with Gasteiger partial charge in [0.05, 0.1) is 18.1 Å². The number of aromatic amines is 1. The van der Waals surface area contributed by atoms with Gasteiger partial charge in [-0.05, 0) is 49.2 Å². The van der Waals surface area contributed by atoms with E-state index in [0.29, 0.717) is 12.5 Å². The molecular formula is C23H28N4O2. The molecule has 0 spiro atoms. The van der Waals surface area contributed by atoms with Gasteiger partial charge >= 0.3 is 0 Å². The molecule has 0 saturated carbocycles. The molecule has 2 heterocycles. The molecular weight excluding hydrogens is 364 g/mol. The van der Waals surface area contributed by atoms with E-state index in [2.05, 4.69) is 21.4 Å². The van der Waals surface area contributed by atoms with Gasteiger partial charge in [0.25, 0.3) is 0 Å². The molecule has 0 aliphatic carbocycles. The van der Waals surface area contributed by atoms with Gasteiger partial charge in [-0.2, -0.15) is 0 Å². The third-order valence-electron chi connectivity index (χ3n) is 5.60. The molecule has 1 aliphatic heterocycles. The molecule has 0 unspecified atom stereocenters. The van der Waals surface area contributed by atoms with Gasteiger partial charge in [0.15, 0.2) is 0 Å². The molecule has 29 heavy (non-hydrogen) atoms. The van der Waals surface area contributed by atoms with Crippen molar-refractivity contribution in [2.24, 2.45) is 0 Å². The second-order valence-corrected chi connectivity index (χ2v) is 7.55. The summed E-state index contributed by atoms with van der Waals surface area (Å²) in [6, 6.07) is 16.4. The number of nitrogens with zero attached hydrogens (tertiary/aromatic N) is 2. The molecule has 0 radical (unpaired) electrons. The predicted molar refractivity (Wildman–Crippen MR) is 114 cm³/mol. The van der Waals surface area contributed by atoms with E-state index in [0.717, 1.165) is 61.5 Å². The number of benzene rings is 2. The summed E-state index contributed by atoms with van der Waals surface area (Å²) in [7, 11) is 1.68. The first-order valence-electron chi connectivity index (χ1n) is 10.3. The SMILES string of the molecule is COc1cccc(CNCC[C@@H]2CCC(=O)N2CCc2nc3ccccc3[nH]2)c1. The number of hydrogen-bond donors (Lipinski definition) is 2. The van der Waals surface area contributed by atoms with E-state index in [9.17, 15) is 4.79 Å². The molecule has 6 heteroatoms. The number of imidazole rings is 1. The molecule has 0 bridgehead atoms. The van der Waals surface area contributed by atoms with Crippen molar-refractivity contribution in [1.82, 2.24) is 20.2 Å². The summed E-state index contributed by atoms with van der Waals surface area (Å²) in [5.74, 6) is 2.09. The maximum Gasteiger partial charge on any atom is 0.222 e. The molecule has 2 aromatic carbocycles. The first-order valence-corrected chi connectivity index (χ1v) is 10.3. The van der Waals surface area contributed by atoms with Crippen molar-refractivity contribution in [3.05, 3.63) is 59.9 Å². The summed E-state index contributed by atoms with van der Waals surface area (Å²) in [5.41, 5.74) is 3.23. The Labute approximate surface area is 171 Å². The van der Waals surface area contributed by atoms with Gasteiger partial charge in [-0.1, -0.05) is 24.3 Å². The van der Waals surface area contributed by atoms with Crippen LogP contribution in [0, 0.1) is 0 Å². The maximum atomic E-state index is 12.4. The van der Waals surface area contributed by atoms with Crippen LogP contribution in [0.3, 0.4) is 0 Å². The lowest BCUT2D eigenvalue weighted by molar-refractivity contribution is -0.129. The quantitative estimate of drug-likeness (QED) is 0.548. The zero-order valence-electron chi connectivity index (χ0n) is 16.9. The number of carbonyl (C=O) groups excluding carboxylic acids is 1. The van der Waals surface area contributed by atoms with Crippen molar-refractivity contribution < 1.29 is 9.53 Å². The molecule has 1 amide bonds. The monoisotopic (exact) mass is 392 g/mol. The van der Waals surface area contributed by atoms with E-state index < -0.39 is 0 Å². The standard InChI is InChI=1S/C23H28N4O2/c1-29-19-6-4-5-17(15-19)16-24-13-11-18-9-10-23(28)27(18)14-12-22-25-20-7-2-3-8-21(20)26-22/h2-8,15,18,24H,9-14,16H2,1H3,(H,25,26)/t18-/m0/s1. The van der Waals surface area contributed by atoms with Gasteiger partial charge in [-0.3, -0.25) is 4.79 Å². The summed E-state index contributed by atoms with van der Waals surface area (Å²) in [6.07, 6.45) is 3.32. The fraction of sp³-hybridized carbons (Fsp3) is 0.391. The second-order valence-electron chi connectivity index (χ2n) is 7.55. The molecule has 6 nitrogen and oxygen atoms in total. The Morgan fingerprint density at radius 1 is 1.24 bits per heavy atom. The normalized spacial score (nSPS) is 16.7. The summed E-state index contributed by atoms with van der Waals surface area (Å²) in [4.78, 5) is 22.4. The van der Waals surface area contributed by atoms with E-state index in [1.165, 1.54) is 5.56 Å². The third-order valence-corrected chi connectivity index (χ3v) is 5.60. The fourth-order valence-corrected chi connectivity index (χ4v) is 4.03. The molecule has 1 fully saturated rings. The largest absolute Gasteiger partial charge is 0.497 e. The molecule has 152 valence electrons. The van der Waals surface area contributed by atoms with Crippen molar-refractivity contribution in [1.29, 1.82) is 0 Å². The Morgan fingerprint density at radius 2 is 2.14 bits per heavy atom. The van der Waals surface area contributed by atoms with Crippen LogP contribution in [0.2, 0.25) is 0 Å². The number of rotatable bonds is 9. The van der Waals surface area contributed by atoms with Crippen molar-refractivity contribution >= 4 is 16.9 Å². The number of fused-ring (bicyclic) bond motifs is 1. The van der Waals surface area contributed by atoms with Crippen LogP contribution in [0.4, 0.5) is 0 Å². The highest BCUT2D eigenvalue weighted by atomic mass is 16.5. The van der Waals surface area contributed by atoms with Crippen molar-refractivity contribution in [2.75, 3.05) is 20.2 Å². The van der Waals surface area contributed by atoms with Crippen LogP contribution in [0.25, 0.3) is 11.0 Å². The number of para-hydroxylation sites is 2. The second kappa shape index (κ2) is 9.09. The minimum Gasteiger partial charge on any atom is -0.497 e. The highest BCUT2D eigenvalue weighted by Crippen LogP contribution is 2.22. The lowest BCUT2D eigenvalue weighted by atomic mass is 10.1. The van der Waals surface area contributed by atoms with Gasteiger partial charge in [-0.25, -0.2) is 4.98 Å². The number of aromatic nitrogens is 2. The smallest absolute Gasteiger partial charge is 0.222 e. The summed E-state index contributed by atoms with van der Waals surface area (Å²) in [6.45, 7) is 2.41. The molecule has 2 N–H and O–H groups in total.